The molecule has 0 saturated heterocycles. The van der Waals surface area contributed by atoms with Gasteiger partial charge in [0.05, 0.1) is 10.8 Å². The van der Waals surface area contributed by atoms with E-state index in [4.69, 9.17) is 4.98 Å². The smallest absolute Gasteiger partial charge is 0.237 e. The number of nitrogens with one attached hydrogen (secondary N) is 1. The molecule has 1 heterocycles. The molecule has 4 nitrogen and oxygen atoms in total. The third-order valence-corrected chi connectivity index (χ3v) is 7.52. The Labute approximate surface area is 200 Å². The van der Waals surface area contributed by atoms with Crippen LogP contribution < -0.4 is 5.32 Å². The lowest BCUT2D eigenvalue weighted by atomic mass is 9.82. The van der Waals surface area contributed by atoms with Crippen LogP contribution in [0.5, 0.6) is 0 Å². The van der Waals surface area contributed by atoms with Crippen LogP contribution in [0.4, 0.5) is 5.69 Å². The number of carbonyl (C=O) groups is 1. The molecule has 1 aliphatic rings. The van der Waals surface area contributed by atoms with Crippen LogP contribution in [0.2, 0.25) is 0 Å². The first-order valence-electron chi connectivity index (χ1n) is 11.5. The highest BCUT2D eigenvalue weighted by molar-refractivity contribution is 8.00. The van der Waals surface area contributed by atoms with Crippen molar-refractivity contribution >= 4 is 23.4 Å². The van der Waals surface area contributed by atoms with Crippen LogP contribution in [-0.4, -0.2) is 16.1 Å². The molecule has 0 radical (unpaired) electrons. The van der Waals surface area contributed by atoms with Crippen molar-refractivity contribution in [1.29, 1.82) is 5.26 Å². The average molecular weight is 456 g/mol. The highest BCUT2D eigenvalue weighted by atomic mass is 32.2. The summed E-state index contributed by atoms with van der Waals surface area (Å²) in [5, 5.41) is 13.2. The summed E-state index contributed by atoms with van der Waals surface area (Å²) in [5.41, 5.74) is 7.16. The monoisotopic (exact) mass is 455 g/mol. The topological polar surface area (TPSA) is 65.8 Å². The van der Waals surface area contributed by atoms with Gasteiger partial charge in [-0.2, -0.15) is 5.26 Å². The van der Waals surface area contributed by atoms with Crippen LogP contribution >= 0.6 is 11.8 Å². The fourth-order valence-corrected chi connectivity index (χ4v) is 5.55. The minimum atomic E-state index is -0.316. The summed E-state index contributed by atoms with van der Waals surface area (Å²) in [4.78, 5) is 17.9. The van der Waals surface area contributed by atoms with Gasteiger partial charge in [-0.05, 0) is 85.9 Å². The number of aromatic nitrogens is 1. The summed E-state index contributed by atoms with van der Waals surface area (Å²) in [6.45, 7) is 6.04. The standard InChI is InChI=1S/C28H29N3OS/c1-4-26(27(32)30-24-13-18(2)12-19(3)14-24)33-28-23(17-29)16-22-15-21(10-11-25(22)31-28)20-8-6-5-7-9-20/h5-9,12-14,16,21,26H,4,10-11,15H2,1-3H3,(H,30,32). The van der Waals surface area contributed by atoms with Gasteiger partial charge in [0.15, 0.2) is 0 Å². The van der Waals surface area contributed by atoms with Crippen molar-refractivity contribution in [1.82, 2.24) is 4.98 Å². The van der Waals surface area contributed by atoms with Gasteiger partial charge in [-0.1, -0.05) is 55.1 Å². The number of rotatable bonds is 6. The molecule has 1 aromatic heterocycles. The number of carbonyl (C=O) groups excluding carboxylic acids is 1. The molecule has 4 rings (SSSR count). The van der Waals surface area contributed by atoms with Crippen LogP contribution in [0.1, 0.15) is 59.2 Å². The van der Waals surface area contributed by atoms with Crippen LogP contribution in [-0.2, 0) is 17.6 Å². The Kier molecular flexibility index (Phi) is 7.15. The Morgan fingerprint density at radius 1 is 1.18 bits per heavy atom. The van der Waals surface area contributed by atoms with Crippen LogP contribution in [0.25, 0.3) is 0 Å². The number of hydrogen-bond donors (Lipinski definition) is 1. The maximum Gasteiger partial charge on any atom is 0.237 e. The Morgan fingerprint density at radius 3 is 2.58 bits per heavy atom. The van der Waals surface area contributed by atoms with Gasteiger partial charge in [-0.25, -0.2) is 4.98 Å². The zero-order valence-corrected chi connectivity index (χ0v) is 20.2. The summed E-state index contributed by atoms with van der Waals surface area (Å²) in [6, 6.07) is 20.9. The number of aryl methyl sites for hydroxylation is 3. The van der Waals surface area contributed by atoms with Gasteiger partial charge >= 0.3 is 0 Å². The van der Waals surface area contributed by atoms with E-state index in [1.807, 2.05) is 45.0 Å². The van der Waals surface area contributed by atoms with E-state index in [9.17, 15) is 10.1 Å². The number of amides is 1. The molecule has 2 unspecified atom stereocenters. The maximum atomic E-state index is 13.0. The van der Waals surface area contributed by atoms with Crippen molar-refractivity contribution in [3.63, 3.8) is 0 Å². The quantitative estimate of drug-likeness (QED) is 0.440. The summed E-state index contributed by atoms with van der Waals surface area (Å²) in [6.07, 6.45) is 3.49. The number of nitriles is 1. The molecule has 1 aliphatic carbocycles. The van der Waals surface area contributed by atoms with Crippen molar-refractivity contribution in [2.45, 2.75) is 62.6 Å². The van der Waals surface area contributed by atoms with E-state index in [-0.39, 0.29) is 11.2 Å². The third kappa shape index (κ3) is 5.46. The predicted molar refractivity (Wildman–Crippen MR) is 135 cm³/mol. The van der Waals surface area contributed by atoms with E-state index in [0.29, 0.717) is 22.9 Å². The Balaban J connectivity index is 1.52. The van der Waals surface area contributed by atoms with E-state index in [2.05, 4.69) is 41.7 Å². The molecule has 168 valence electrons. The summed E-state index contributed by atoms with van der Waals surface area (Å²) in [7, 11) is 0. The van der Waals surface area contributed by atoms with Crippen LogP contribution in [0.15, 0.2) is 59.6 Å². The highest BCUT2D eigenvalue weighted by Gasteiger charge is 2.25. The van der Waals surface area contributed by atoms with Gasteiger partial charge in [0.1, 0.15) is 11.1 Å². The minimum Gasteiger partial charge on any atom is -0.325 e. The number of thioether (sulfide) groups is 1. The zero-order valence-electron chi connectivity index (χ0n) is 19.4. The first kappa shape index (κ1) is 23.1. The number of hydrogen-bond acceptors (Lipinski definition) is 4. The van der Waals surface area contributed by atoms with E-state index in [0.717, 1.165) is 47.3 Å². The first-order valence-corrected chi connectivity index (χ1v) is 12.4. The van der Waals surface area contributed by atoms with Crippen LogP contribution in [0, 0.1) is 25.2 Å². The maximum absolute atomic E-state index is 13.0. The molecule has 2 atom stereocenters. The van der Waals surface area contributed by atoms with E-state index < -0.39 is 0 Å². The van der Waals surface area contributed by atoms with Gasteiger partial charge in [0.2, 0.25) is 5.91 Å². The van der Waals surface area contributed by atoms with E-state index in [1.54, 1.807) is 0 Å². The molecule has 1 amide bonds. The third-order valence-electron chi connectivity index (χ3n) is 6.15. The fourth-order valence-electron chi connectivity index (χ4n) is 4.55. The second-order valence-corrected chi connectivity index (χ2v) is 9.98. The molecular formula is C28H29N3OS. The average Bonchev–Trinajstić information content (AvgIpc) is 2.81. The minimum absolute atomic E-state index is 0.0555. The van der Waals surface area contributed by atoms with E-state index >= 15 is 0 Å². The number of fused-ring (bicyclic) bond motifs is 1. The Hall–Kier alpha value is -3.10. The lowest BCUT2D eigenvalue weighted by molar-refractivity contribution is -0.115. The highest BCUT2D eigenvalue weighted by Crippen LogP contribution is 2.36. The molecule has 5 heteroatoms. The van der Waals surface area contributed by atoms with Crippen molar-refractivity contribution in [3.05, 3.63) is 88.1 Å². The van der Waals surface area contributed by atoms with Gasteiger partial charge in [-0.15, -0.1) is 0 Å². The molecule has 1 N–H and O–H groups in total. The summed E-state index contributed by atoms with van der Waals surface area (Å²) < 4.78 is 0. The zero-order chi connectivity index (χ0) is 23.4. The predicted octanol–water partition coefficient (Wildman–Crippen LogP) is 6.35. The van der Waals surface area contributed by atoms with Crippen molar-refractivity contribution in [3.8, 4) is 6.07 Å². The molecule has 3 aromatic rings. The second kappa shape index (κ2) is 10.2. The normalized spacial score (nSPS) is 15.9. The molecule has 33 heavy (non-hydrogen) atoms. The molecule has 0 saturated carbocycles. The van der Waals surface area contributed by atoms with E-state index in [1.165, 1.54) is 17.3 Å². The number of anilines is 1. The SMILES string of the molecule is CCC(Sc1nc2c(cc1C#N)CC(c1ccccc1)CC2)C(=O)Nc1cc(C)cc(C)c1. The first-order chi connectivity index (χ1) is 16.0. The van der Waals surface area contributed by atoms with Gasteiger partial charge in [0.25, 0.3) is 0 Å². The van der Waals surface area contributed by atoms with Crippen molar-refractivity contribution < 1.29 is 4.79 Å². The fraction of sp³-hybridized carbons (Fsp3) is 0.321. The molecule has 0 bridgehead atoms. The molecule has 2 aromatic carbocycles. The van der Waals surface area contributed by atoms with Crippen LogP contribution in [0.3, 0.4) is 0 Å². The lowest BCUT2D eigenvalue weighted by Crippen LogP contribution is -2.25. The lowest BCUT2D eigenvalue weighted by Gasteiger charge is -2.25. The molecule has 0 fully saturated rings. The second-order valence-electron chi connectivity index (χ2n) is 8.79. The molecule has 0 spiro atoms. The Bertz CT molecular complexity index is 1180. The molecular weight excluding hydrogens is 426 g/mol. The van der Waals surface area contributed by atoms with Gasteiger partial charge in [-0.3, -0.25) is 4.79 Å². The molecule has 0 aliphatic heterocycles. The number of benzene rings is 2. The van der Waals surface area contributed by atoms with Crippen molar-refractivity contribution in [2.75, 3.05) is 5.32 Å². The summed E-state index contributed by atoms with van der Waals surface area (Å²) in [5.74, 6) is 0.401. The number of nitrogens with zero attached hydrogens (tertiary/aromatic N) is 2. The van der Waals surface area contributed by atoms with Crippen molar-refractivity contribution in [2.24, 2.45) is 0 Å². The number of pyridine rings is 1. The van der Waals surface area contributed by atoms with Gasteiger partial charge in [0, 0.05) is 11.4 Å². The largest absolute Gasteiger partial charge is 0.325 e. The van der Waals surface area contributed by atoms with Gasteiger partial charge < -0.3 is 5.32 Å². The summed E-state index contributed by atoms with van der Waals surface area (Å²) >= 11 is 1.40. The Morgan fingerprint density at radius 2 is 1.91 bits per heavy atom.